The van der Waals surface area contributed by atoms with Gasteiger partial charge in [0.05, 0.1) is 12.0 Å². The standard InChI is InChI=1S/C21H23NO3/c1-4-14-22(19-8-6-5-7-9-19)21(25)15(2)20(24)18-12-10-17(11-13-18)16(3)23/h4-13,15,20,24H,1,14H2,2-3H3/t15-,20+/m0/s1. The van der Waals surface area contributed by atoms with E-state index in [1.807, 2.05) is 30.3 Å². The molecule has 0 heterocycles. The van der Waals surface area contributed by atoms with Crippen LogP contribution in [-0.4, -0.2) is 23.3 Å². The molecule has 0 aliphatic rings. The van der Waals surface area contributed by atoms with Crippen LogP contribution in [0.1, 0.15) is 35.9 Å². The van der Waals surface area contributed by atoms with E-state index in [-0.39, 0.29) is 11.7 Å². The van der Waals surface area contributed by atoms with Crippen LogP contribution in [-0.2, 0) is 4.79 Å². The number of hydrogen-bond donors (Lipinski definition) is 1. The summed E-state index contributed by atoms with van der Waals surface area (Å²) in [5.74, 6) is -0.857. The van der Waals surface area contributed by atoms with E-state index >= 15 is 0 Å². The third kappa shape index (κ3) is 4.43. The maximum Gasteiger partial charge on any atom is 0.233 e. The molecular weight excluding hydrogens is 314 g/mol. The minimum Gasteiger partial charge on any atom is -0.388 e. The van der Waals surface area contributed by atoms with Gasteiger partial charge in [-0.15, -0.1) is 6.58 Å². The minimum absolute atomic E-state index is 0.0357. The Morgan fingerprint density at radius 1 is 1.12 bits per heavy atom. The van der Waals surface area contributed by atoms with E-state index in [9.17, 15) is 14.7 Å². The second kappa shape index (κ2) is 8.40. The summed E-state index contributed by atoms with van der Waals surface area (Å²) < 4.78 is 0. The van der Waals surface area contributed by atoms with Gasteiger partial charge in [0.15, 0.2) is 5.78 Å². The molecule has 0 saturated carbocycles. The van der Waals surface area contributed by atoms with Gasteiger partial charge in [-0.25, -0.2) is 0 Å². The van der Waals surface area contributed by atoms with Crippen molar-refractivity contribution in [3.8, 4) is 0 Å². The number of carbonyl (C=O) groups excluding carboxylic acids is 2. The average Bonchev–Trinajstić information content (AvgIpc) is 2.65. The van der Waals surface area contributed by atoms with E-state index in [1.165, 1.54) is 6.92 Å². The monoisotopic (exact) mass is 337 g/mol. The van der Waals surface area contributed by atoms with Crippen molar-refractivity contribution >= 4 is 17.4 Å². The van der Waals surface area contributed by atoms with Crippen LogP contribution in [0, 0.1) is 5.92 Å². The zero-order chi connectivity index (χ0) is 18.4. The first-order chi connectivity index (χ1) is 12.0. The largest absolute Gasteiger partial charge is 0.388 e. The van der Waals surface area contributed by atoms with Gasteiger partial charge in [-0.2, -0.15) is 0 Å². The fraction of sp³-hybridized carbons (Fsp3) is 0.238. The summed E-state index contributed by atoms with van der Waals surface area (Å²) in [4.78, 5) is 25.8. The third-order valence-corrected chi connectivity index (χ3v) is 4.17. The average molecular weight is 337 g/mol. The molecule has 2 aromatic carbocycles. The fourth-order valence-corrected chi connectivity index (χ4v) is 2.64. The number of aliphatic hydroxyl groups excluding tert-OH is 1. The van der Waals surface area contributed by atoms with Crippen molar-refractivity contribution in [2.24, 2.45) is 5.92 Å². The van der Waals surface area contributed by atoms with Gasteiger partial charge < -0.3 is 10.0 Å². The number of hydrogen-bond acceptors (Lipinski definition) is 3. The number of rotatable bonds is 7. The number of amides is 1. The molecule has 4 nitrogen and oxygen atoms in total. The molecule has 0 fully saturated rings. The van der Waals surface area contributed by atoms with Crippen LogP contribution in [0.2, 0.25) is 0 Å². The van der Waals surface area contributed by atoms with Crippen LogP contribution in [0.25, 0.3) is 0 Å². The van der Waals surface area contributed by atoms with Crippen molar-refractivity contribution in [2.45, 2.75) is 20.0 Å². The number of anilines is 1. The van der Waals surface area contributed by atoms with Crippen molar-refractivity contribution in [3.63, 3.8) is 0 Å². The van der Waals surface area contributed by atoms with Crippen LogP contribution in [0.3, 0.4) is 0 Å². The van der Waals surface area contributed by atoms with Crippen LogP contribution < -0.4 is 4.90 Å². The highest BCUT2D eigenvalue weighted by molar-refractivity contribution is 5.96. The van der Waals surface area contributed by atoms with Gasteiger partial charge in [0.25, 0.3) is 0 Å². The maximum atomic E-state index is 12.9. The first-order valence-corrected chi connectivity index (χ1v) is 8.22. The number of benzene rings is 2. The Labute approximate surface area is 148 Å². The van der Waals surface area contributed by atoms with Gasteiger partial charge in [-0.05, 0) is 24.6 Å². The molecule has 4 heteroatoms. The summed E-state index contributed by atoms with van der Waals surface area (Å²) in [6.07, 6.45) is 0.704. The Morgan fingerprint density at radius 2 is 1.72 bits per heavy atom. The number of aliphatic hydroxyl groups is 1. The number of Topliss-reactive ketones (excluding diaryl/α,β-unsaturated/α-hetero) is 1. The van der Waals surface area contributed by atoms with Crippen molar-refractivity contribution in [1.29, 1.82) is 0 Å². The number of ketones is 1. The lowest BCUT2D eigenvalue weighted by atomic mass is 9.94. The molecule has 0 radical (unpaired) electrons. The second-order valence-corrected chi connectivity index (χ2v) is 5.98. The Balaban J connectivity index is 2.21. The van der Waals surface area contributed by atoms with Gasteiger partial charge in [0.2, 0.25) is 5.91 Å². The van der Waals surface area contributed by atoms with Crippen LogP contribution in [0.15, 0.2) is 67.3 Å². The van der Waals surface area contributed by atoms with Crippen LogP contribution >= 0.6 is 0 Å². The van der Waals surface area contributed by atoms with E-state index < -0.39 is 12.0 Å². The first kappa shape index (κ1) is 18.6. The van der Waals surface area contributed by atoms with Crippen molar-refractivity contribution < 1.29 is 14.7 Å². The molecular formula is C21H23NO3. The van der Waals surface area contributed by atoms with E-state index in [4.69, 9.17) is 0 Å². The molecule has 130 valence electrons. The lowest BCUT2D eigenvalue weighted by molar-refractivity contribution is -0.125. The van der Waals surface area contributed by atoms with Gasteiger partial charge in [-0.3, -0.25) is 9.59 Å². The summed E-state index contributed by atoms with van der Waals surface area (Å²) in [6, 6.07) is 16.0. The molecule has 0 spiro atoms. The normalized spacial score (nSPS) is 12.9. The molecule has 0 saturated heterocycles. The molecule has 1 amide bonds. The minimum atomic E-state index is -0.954. The van der Waals surface area contributed by atoms with Gasteiger partial charge in [0.1, 0.15) is 0 Å². The summed E-state index contributed by atoms with van der Waals surface area (Å²) in [6.45, 7) is 7.26. The maximum absolute atomic E-state index is 12.9. The predicted molar refractivity (Wildman–Crippen MR) is 99.6 cm³/mol. The van der Waals surface area contributed by atoms with Gasteiger partial charge in [0, 0.05) is 17.8 Å². The number of carbonyl (C=O) groups is 2. The highest BCUT2D eigenvalue weighted by Crippen LogP contribution is 2.26. The van der Waals surface area contributed by atoms with E-state index in [0.717, 1.165) is 5.69 Å². The molecule has 0 aliphatic carbocycles. The zero-order valence-electron chi connectivity index (χ0n) is 14.6. The number of nitrogens with zero attached hydrogens (tertiary/aromatic N) is 1. The zero-order valence-corrected chi connectivity index (χ0v) is 14.6. The Bertz CT molecular complexity index is 737. The number of para-hydroxylation sites is 1. The van der Waals surface area contributed by atoms with Crippen molar-refractivity contribution in [2.75, 3.05) is 11.4 Å². The molecule has 2 atom stereocenters. The third-order valence-electron chi connectivity index (χ3n) is 4.17. The van der Waals surface area contributed by atoms with E-state index in [1.54, 1.807) is 42.2 Å². The summed E-state index contributed by atoms with van der Waals surface area (Å²) in [5, 5.41) is 10.6. The molecule has 0 aromatic heterocycles. The highest BCUT2D eigenvalue weighted by atomic mass is 16.3. The van der Waals surface area contributed by atoms with Crippen molar-refractivity contribution in [3.05, 3.63) is 78.4 Å². The molecule has 0 aliphatic heterocycles. The molecule has 2 rings (SSSR count). The Kier molecular flexibility index (Phi) is 6.25. The van der Waals surface area contributed by atoms with Crippen molar-refractivity contribution in [1.82, 2.24) is 0 Å². The second-order valence-electron chi connectivity index (χ2n) is 5.98. The highest BCUT2D eigenvalue weighted by Gasteiger charge is 2.28. The Hall–Kier alpha value is -2.72. The quantitative estimate of drug-likeness (QED) is 0.618. The topological polar surface area (TPSA) is 57.6 Å². The summed E-state index contributed by atoms with van der Waals surface area (Å²) >= 11 is 0. The SMILES string of the molecule is C=CCN(C(=O)[C@@H](C)[C@@H](O)c1ccc(C(C)=O)cc1)c1ccccc1. The lowest BCUT2D eigenvalue weighted by Crippen LogP contribution is -2.37. The van der Waals surface area contributed by atoms with Gasteiger partial charge >= 0.3 is 0 Å². The van der Waals surface area contributed by atoms with Crippen LogP contribution in [0.4, 0.5) is 5.69 Å². The van der Waals surface area contributed by atoms with Gasteiger partial charge in [-0.1, -0.05) is 55.5 Å². The molecule has 0 bridgehead atoms. The smallest absolute Gasteiger partial charge is 0.233 e. The summed E-state index contributed by atoms with van der Waals surface area (Å²) in [5.41, 5.74) is 1.95. The fourth-order valence-electron chi connectivity index (χ4n) is 2.64. The first-order valence-electron chi connectivity index (χ1n) is 8.22. The molecule has 0 unspecified atom stereocenters. The molecule has 25 heavy (non-hydrogen) atoms. The summed E-state index contributed by atoms with van der Waals surface area (Å²) in [7, 11) is 0. The van der Waals surface area contributed by atoms with E-state index in [2.05, 4.69) is 6.58 Å². The molecule has 2 aromatic rings. The van der Waals surface area contributed by atoms with E-state index in [0.29, 0.717) is 17.7 Å². The Morgan fingerprint density at radius 3 is 2.24 bits per heavy atom. The molecule has 1 N–H and O–H groups in total. The van der Waals surface area contributed by atoms with Crippen LogP contribution in [0.5, 0.6) is 0 Å². The predicted octanol–water partition coefficient (Wildman–Crippen LogP) is 3.78. The lowest BCUT2D eigenvalue weighted by Gasteiger charge is -2.27.